The first-order valence-corrected chi connectivity index (χ1v) is 6.56. The normalized spacial score (nSPS) is 13.2. The van der Waals surface area contributed by atoms with Crippen molar-refractivity contribution in [2.45, 2.75) is 25.3 Å². The number of aliphatic hydroxyl groups excluding tert-OH is 1. The number of benzene rings is 1. The van der Waals surface area contributed by atoms with Gasteiger partial charge in [0.25, 0.3) is 0 Å². The second kappa shape index (κ2) is 6.31. The third-order valence-electron chi connectivity index (χ3n) is 2.86. The molecule has 0 heterocycles. The zero-order chi connectivity index (χ0) is 13.8. The maximum Gasteiger partial charge on any atom is 0.239 e. The van der Waals surface area contributed by atoms with Gasteiger partial charge >= 0.3 is 0 Å². The molecular formula is C13H19BrN2O2. The van der Waals surface area contributed by atoms with E-state index in [0.29, 0.717) is 6.54 Å². The molecule has 0 aliphatic carbocycles. The molecule has 4 N–H and O–H groups in total. The highest BCUT2D eigenvalue weighted by molar-refractivity contribution is 9.10. The summed E-state index contributed by atoms with van der Waals surface area (Å²) in [4.78, 5) is 11.5. The number of halogens is 1. The Hall–Kier alpha value is -0.910. The topological polar surface area (TPSA) is 75.4 Å². The molecule has 0 saturated carbocycles. The number of carbonyl (C=O) groups excluding carboxylic acids is 1. The lowest BCUT2D eigenvalue weighted by Gasteiger charge is -2.26. The fourth-order valence-electron chi connectivity index (χ4n) is 1.53. The van der Waals surface area contributed by atoms with E-state index in [9.17, 15) is 4.79 Å². The van der Waals surface area contributed by atoms with Crippen molar-refractivity contribution in [2.75, 3.05) is 13.2 Å². The fraction of sp³-hybridized carbons (Fsp3) is 0.462. The monoisotopic (exact) mass is 314 g/mol. The summed E-state index contributed by atoms with van der Waals surface area (Å²) < 4.78 is 1.02. The highest BCUT2D eigenvalue weighted by atomic mass is 79.9. The first-order valence-electron chi connectivity index (χ1n) is 5.77. The van der Waals surface area contributed by atoms with Gasteiger partial charge in [0, 0.05) is 16.4 Å². The van der Waals surface area contributed by atoms with Crippen LogP contribution in [0.15, 0.2) is 28.7 Å². The Balaban J connectivity index is 2.65. The van der Waals surface area contributed by atoms with Crippen molar-refractivity contribution in [3.63, 3.8) is 0 Å². The van der Waals surface area contributed by atoms with Gasteiger partial charge in [-0.3, -0.25) is 4.79 Å². The van der Waals surface area contributed by atoms with Gasteiger partial charge in [0.1, 0.15) is 6.04 Å². The third-order valence-corrected chi connectivity index (χ3v) is 3.39. The molecule has 1 aromatic rings. The van der Waals surface area contributed by atoms with Crippen LogP contribution in [-0.2, 0) is 10.2 Å². The molecule has 100 valence electrons. The van der Waals surface area contributed by atoms with E-state index in [1.54, 1.807) is 0 Å². The highest BCUT2D eigenvalue weighted by Gasteiger charge is 2.22. The molecule has 1 unspecified atom stereocenters. The molecule has 1 aromatic carbocycles. The molecule has 4 nitrogen and oxygen atoms in total. The summed E-state index contributed by atoms with van der Waals surface area (Å²) in [7, 11) is 0. The van der Waals surface area contributed by atoms with Gasteiger partial charge in [0.2, 0.25) is 5.91 Å². The van der Waals surface area contributed by atoms with Crippen LogP contribution in [0.5, 0.6) is 0 Å². The second-order valence-electron chi connectivity index (χ2n) is 4.90. The number of hydrogen-bond donors (Lipinski definition) is 3. The molecule has 5 heteroatoms. The van der Waals surface area contributed by atoms with Crippen LogP contribution in [0.4, 0.5) is 0 Å². The molecule has 0 aromatic heterocycles. The van der Waals surface area contributed by atoms with Crippen LogP contribution in [0.2, 0.25) is 0 Å². The van der Waals surface area contributed by atoms with Crippen LogP contribution in [0.3, 0.4) is 0 Å². The summed E-state index contributed by atoms with van der Waals surface area (Å²) in [6.45, 7) is 4.22. The quantitative estimate of drug-likeness (QED) is 0.763. The van der Waals surface area contributed by atoms with Crippen LogP contribution in [0.1, 0.15) is 19.4 Å². The molecular weight excluding hydrogens is 296 g/mol. The van der Waals surface area contributed by atoms with Crippen molar-refractivity contribution < 1.29 is 9.90 Å². The number of carbonyl (C=O) groups is 1. The first-order chi connectivity index (χ1) is 8.36. The van der Waals surface area contributed by atoms with E-state index in [4.69, 9.17) is 10.8 Å². The molecule has 1 amide bonds. The van der Waals surface area contributed by atoms with Crippen molar-refractivity contribution in [3.8, 4) is 0 Å². The lowest BCUT2D eigenvalue weighted by atomic mass is 9.84. The summed E-state index contributed by atoms with van der Waals surface area (Å²) in [6, 6.07) is 7.12. The lowest BCUT2D eigenvalue weighted by Crippen LogP contribution is -2.46. The Morgan fingerprint density at radius 3 is 2.50 bits per heavy atom. The van der Waals surface area contributed by atoms with Crippen molar-refractivity contribution in [1.29, 1.82) is 0 Å². The largest absolute Gasteiger partial charge is 0.394 e. The number of hydrogen-bond acceptors (Lipinski definition) is 3. The zero-order valence-electron chi connectivity index (χ0n) is 10.6. The van der Waals surface area contributed by atoms with E-state index >= 15 is 0 Å². The maximum absolute atomic E-state index is 11.5. The molecule has 0 spiro atoms. The van der Waals surface area contributed by atoms with E-state index in [0.717, 1.165) is 10.0 Å². The van der Waals surface area contributed by atoms with Crippen LogP contribution in [-0.4, -0.2) is 30.2 Å². The zero-order valence-corrected chi connectivity index (χ0v) is 12.2. The van der Waals surface area contributed by atoms with Gasteiger partial charge in [-0.25, -0.2) is 0 Å². The Bertz CT molecular complexity index is 404. The molecule has 0 bridgehead atoms. The molecule has 1 atom stereocenters. The Kier molecular flexibility index (Phi) is 5.31. The molecule has 0 aliphatic rings. The van der Waals surface area contributed by atoms with Gasteiger partial charge in [0.15, 0.2) is 0 Å². The van der Waals surface area contributed by atoms with Gasteiger partial charge in [0.05, 0.1) is 6.61 Å². The average molecular weight is 315 g/mol. The number of nitrogens with one attached hydrogen (secondary N) is 1. The number of aliphatic hydroxyl groups is 1. The third kappa shape index (κ3) is 4.08. The molecule has 0 aliphatic heterocycles. The average Bonchev–Trinajstić information content (AvgIpc) is 2.35. The minimum absolute atomic E-state index is 0.189. The highest BCUT2D eigenvalue weighted by Crippen LogP contribution is 2.23. The molecule has 0 fully saturated rings. The summed E-state index contributed by atoms with van der Waals surface area (Å²) in [5.74, 6) is -0.331. The summed E-state index contributed by atoms with van der Waals surface area (Å²) in [5.41, 5.74) is 6.38. The van der Waals surface area contributed by atoms with E-state index in [2.05, 4.69) is 21.2 Å². The van der Waals surface area contributed by atoms with E-state index in [-0.39, 0.29) is 17.9 Å². The Morgan fingerprint density at radius 1 is 1.44 bits per heavy atom. The predicted molar refractivity (Wildman–Crippen MR) is 75.2 cm³/mol. The molecule has 18 heavy (non-hydrogen) atoms. The molecule has 0 saturated heterocycles. The first kappa shape index (κ1) is 15.1. The van der Waals surface area contributed by atoms with Crippen molar-refractivity contribution >= 4 is 21.8 Å². The second-order valence-corrected chi connectivity index (χ2v) is 5.81. The smallest absolute Gasteiger partial charge is 0.239 e. The fourth-order valence-corrected chi connectivity index (χ4v) is 1.79. The number of amides is 1. The summed E-state index contributed by atoms with van der Waals surface area (Å²) >= 11 is 3.39. The van der Waals surface area contributed by atoms with E-state index in [1.165, 1.54) is 0 Å². The Morgan fingerprint density at radius 2 is 2.00 bits per heavy atom. The SMILES string of the molecule is CC(C)(CNC(=O)C(N)CO)c1ccc(Br)cc1. The van der Waals surface area contributed by atoms with Gasteiger partial charge in [-0.15, -0.1) is 0 Å². The van der Waals surface area contributed by atoms with Crippen molar-refractivity contribution in [2.24, 2.45) is 5.73 Å². The van der Waals surface area contributed by atoms with Gasteiger partial charge in [-0.05, 0) is 17.7 Å². The summed E-state index contributed by atoms with van der Waals surface area (Å²) in [6.07, 6.45) is 0. The van der Waals surface area contributed by atoms with Crippen LogP contribution < -0.4 is 11.1 Å². The molecule has 0 radical (unpaired) electrons. The summed E-state index contributed by atoms with van der Waals surface area (Å²) in [5, 5.41) is 11.5. The van der Waals surface area contributed by atoms with Gasteiger partial charge in [-0.2, -0.15) is 0 Å². The maximum atomic E-state index is 11.5. The number of nitrogens with two attached hydrogens (primary N) is 1. The van der Waals surface area contributed by atoms with Crippen LogP contribution >= 0.6 is 15.9 Å². The van der Waals surface area contributed by atoms with Crippen molar-refractivity contribution in [3.05, 3.63) is 34.3 Å². The minimum Gasteiger partial charge on any atom is -0.394 e. The van der Waals surface area contributed by atoms with E-state index < -0.39 is 6.04 Å². The van der Waals surface area contributed by atoms with Crippen molar-refractivity contribution in [1.82, 2.24) is 5.32 Å². The van der Waals surface area contributed by atoms with E-state index in [1.807, 2.05) is 38.1 Å². The molecule has 1 rings (SSSR count). The predicted octanol–water partition coefficient (Wildman–Crippen LogP) is 1.16. The standard InChI is InChI=1S/C13H19BrN2O2/c1-13(2,8-16-12(18)11(15)7-17)9-3-5-10(14)6-4-9/h3-6,11,17H,7-8,15H2,1-2H3,(H,16,18). The minimum atomic E-state index is -0.856. The van der Waals surface area contributed by atoms with Crippen LogP contribution in [0, 0.1) is 0 Å². The van der Waals surface area contributed by atoms with Gasteiger partial charge < -0.3 is 16.2 Å². The van der Waals surface area contributed by atoms with Crippen LogP contribution in [0.25, 0.3) is 0 Å². The Labute approximate surface area is 116 Å². The van der Waals surface area contributed by atoms with Gasteiger partial charge in [-0.1, -0.05) is 41.9 Å². The lowest BCUT2D eigenvalue weighted by molar-refractivity contribution is -0.123. The number of rotatable bonds is 5.